The summed E-state index contributed by atoms with van der Waals surface area (Å²) in [5.74, 6) is 0. The van der Waals surface area contributed by atoms with Gasteiger partial charge in [-0.25, -0.2) is 8.42 Å². The summed E-state index contributed by atoms with van der Waals surface area (Å²) in [6.07, 6.45) is 22.4. The molecule has 0 atom stereocenters. The zero-order valence-corrected chi connectivity index (χ0v) is 27.1. The number of hydrogen-bond acceptors (Lipinski definition) is 8. The van der Waals surface area contributed by atoms with Gasteiger partial charge in [-0.15, -0.1) is 0 Å². The van der Waals surface area contributed by atoms with Crippen LogP contribution in [0.3, 0.4) is 0 Å². The molecule has 0 rings (SSSR count). The second kappa shape index (κ2) is 31.6. The van der Waals surface area contributed by atoms with Gasteiger partial charge in [0.1, 0.15) is 13.1 Å². The van der Waals surface area contributed by atoms with E-state index in [1.165, 1.54) is 116 Å². The summed E-state index contributed by atoms with van der Waals surface area (Å²) >= 11 is 0. The number of ether oxygens (including phenoxy) is 2. The molecule has 0 aliphatic rings. The Morgan fingerprint density at radius 3 is 1.23 bits per heavy atom. The van der Waals surface area contributed by atoms with E-state index in [-0.39, 0.29) is 19.8 Å². The summed E-state index contributed by atoms with van der Waals surface area (Å²) in [5.41, 5.74) is 0. The zero-order chi connectivity index (χ0) is 30.2. The third-order valence-corrected chi connectivity index (χ3v) is 7.83. The van der Waals surface area contributed by atoms with Gasteiger partial charge in [-0.1, -0.05) is 96.8 Å². The Balaban J connectivity index is 0. The van der Waals surface area contributed by atoms with Crippen LogP contribution in [0.25, 0.3) is 0 Å². The highest BCUT2D eigenvalue weighted by Gasteiger charge is 2.24. The number of rotatable bonds is 30. The van der Waals surface area contributed by atoms with Crippen LogP contribution < -0.4 is 0 Å². The first-order valence-electron chi connectivity index (χ1n) is 16.1. The van der Waals surface area contributed by atoms with Crippen LogP contribution in [0.15, 0.2) is 0 Å². The molecule has 0 amide bonds. The number of quaternary nitrogens is 1. The van der Waals surface area contributed by atoms with Crippen molar-refractivity contribution < 1.29 is 41.3 Å². The van der Waals surface area contributed by atoms with Crippen molar-refractivity contribution in [1.29, 1.82) is 0 Å². The lowest BCUT2D eigenvalue weighted by Crippen LogP contribution is -2.52. The highest BCUT2D eigenvalue weighted by Crippen LogP contribution is 2.15. The fourth-order valence-electron chi connectivity index (χ4n) is 4.80. The molecule has 0 fully saturated rings. The van der Waals surface area contributed by atoms with Gasteiger partial charge in [-0.05, 0) is 26.7 Å². The van der Waals surface area contributed by atoms with E-state index in [0.29, 0.717) is 26.4 Å². The van der Waals surface area contributed by atoms with Gasteiger partial charge in [0.25, 0.3) is 0 Å². The lowest BCUT2D eigenvalue weighted by Gasteiger charge is -2.38. The van der Waals surface area contributed by atoms with Gasteiger partial charge in [0.05, 0.1) is 59.3 Å². The van der Waals surface area contributed by atoms with Crippen LogP contribution in [0.2, 0.25) is 0 Å². The van der Waals surface area contributed by atoms with Crippen molar-refractivity contribution in [2.75, 3.05) is 72.4 Å². The molecule has 0 aliphatic heterocycles. The van der Waals surface area contributed by atoms with Crippen LogP contribution >= 0.6 is 0 Å². The molecule has 0 spiro atoms. The predicted octanol–water partition coefficient (Wildman–Crippen LogP) is 5.59. The first kappa shape index (κ1) is 41.8. The molecule has 0 heterocycles. The molecule has 0 bridgehead atoms. The van der Waals surface area contributed by atoms with Crippen molar-refractivity contribution in [3.05, 3.63) is 0 Å². The van der Waals surface area contributed by atoms with Crippen molar-refractivity contribution in [1.82, 2.24) is 0 Å². The number of aliphatic hydroxyl groups excluding tert-OH is 2. The molecule has 0 aliphatic carbocycles. The van der Waals surface area contributed by atoms with Crippen molar-refractivity contribution in [3.8, 4) is 0 Å². The summed E-state index contributed by atoms with van der Waals surface area (Å²) in [7, 11) is -4.42. The quantitative estimate of drug-likeness (QED) is 0.0474. The van der Waals surface area contributed by atoms with E-state index in [2.05, 4.69) is 18.0 Å². The molecular formula is C30H65NO8S. The SMILES string of the molecule is CCCCCCCCCCCCCCCCCC[N+](CC)(CCOCCO)CCOCCO.CCOS(=O)(=O)[O-]. The van der Waals surface area contributed by atoms with Crippen molar-refractivity contribution in [3.63, 3.8) is 0 Å². The lowest BCUT2D eigenvalue weighted by atomic mass is 10.0. The zero-order valence-electron chi connectivity index (χ0n) is 26.3. The summed E-state index contributed by atoms with van der Waals surface area (Å²) in [6.45, 7) is 12.4. The summed E-state index contributed by atoms with van der Waals surface area (Å²) < 4.78 is 44.1. The molecule has 40 heavy (non-hydrogen) atoms. The molecule has 0 saturated heterocycles. The summed E-state index contributed by atoms with van der Waals surface area (Å²) in [4.78, 5) is 0. The fraction of sp³-hybridized carbons (Fsp3) is 1.00. The Morgan fingerprint density at radius 2 is 0.950 bits per heavy atom. The van der Waals surface area contributed by atoms with Gasteiger partial charge in [0.2, 0.25) is 10.4 Å². The normalized spacial score (nSPS) is 11.9. The van der Waals surface area contributed by atoms with Crippen molar-refractivity contribution >= 4 is 10.4 Å². The number of nitrogens with zero attached hydrogens (tertiary/aromatic N) is 1. The molecule has 0 aromatic heterocycles. The molecular weight excluding hydrogens is 534 g/mol. The van der Waals surface area contributed by atoms with E-state index in [1.807, 2.05) is 0 Å². The van der Waals surface area contributed by atoms with E-state index in [0.717, 1.165) is 24.1 Å². The highest BCUT2D eigenvalue weighted by atomic mass is 32.3. The van der Waals surface area contributed by atoms with Gasteiger partial charge in [0, 0.05) is 0 Å². The molecule has 9 nitrogen and oxygen atoms in total. The number of likely N-dealkylation sites (N-methyl/N-ethyl adjacent to an activating group) is 1. The van der Waals surface area contributed by atoms with E-state index in [9.17, 15) is 13.0 Å². The largest absolute Gasteiger partial charge is 0.726 e. The Hall–Kier alpha value is -0.330. The van der Waals surface area contributed by atoms with E-state index >= 15 is 0 Å². The minimum atomic E-state index is -4.42. The average molecular weight is 600 g/mol. The molecule has 0 aromatic carbocycles. The number of unbranched alkanes of at least 4 members (excludes halogenated alkanes) is 15. The van der Waals surface area contributed by atoms with Gasteiger partial charge >= 0.3 is 0 Å². The fourth-order valence-corrected chi connectivity index (χ4v) is 5.09. The van der Waals surface area contributed by atoms with Crippen LogP contribution in [-0.4, -0.2) is 100 Å². The third-order valence-electron chi connectivity index (χ3n) is 7.31. The summed E-state index contributed by atoms with van der Waals surface area (Å²) in [5, 5.41) is 17.9. The molecule has 0 aromatic rings. The molecule has 244 valence electrons. The Labute approximate surface area is 247 Å². The first-order chi connectivity index (χ1) is 19.3. The smallest absolute Gasteiger partial charge is 0.217 e. The second-order valence-electron chi connectivity index (χ2n) is 10.6. The second-order valence-corrected chi connectivity index (χ2v) is 11.7. The highest BCUT2D eigenvalue weighted by molar-refractivity contribution is 7.80. The molecule has 2 N–H and O–H groups in total. The molecule has 10 heteroatoms. The summed E-state index contributed by atoms with van der Waals surface area (Å²) in [6, 6.07) is 0. The van der Waals surface area contributed by atoms with Crippen LogP contribution in [0, 0.1) is 0 Å². The maximum Gasteiger partial charge on any atom is 0.217 e. The van der Waals surface area contributed by atoms with Gasteiger partial charge < -0.3 is 28.7 Å². The average Bonchev–Trinajstić information content (AvgIpc) is 2.92. The topological polar surface area (TPSA) is 125 Å². The monoisotopic (exact) mass is 599 g/mol. The molecule has 0 radical (unpaired) electrons. The minimum Gasteiger partial charge on any atom is -0.726 e. The van der Waals surface area contributed by atoms with Crippen molar-refractivity contribution in [2.45, 2.75) is 124 Å². The van der Waals surface area contributed by atoms with Gasteiger partial charge in [-0.2, -0.15) is 0 Å². The number of aliphatic hydroxyl groups is 2. The van der Waals surface area contributed by atoms with Crippen LogP contribution in [-0.2, 0) is 24.1 Å². The van der Waals surface area contributed by atoms with E-state index < -0.39 is 10.4 Å². The standard InChI is InChI=1S/C28H60NO4.C2H6O4S/c1-3-5-6-7-8-9-10-11-12-13-14-15-16-17-18-19-20-29(4-2,21-25-32-27-23-30)22-26-33-28-24-31;1-2-6-7(3,4)5/h30-31H,3-28H2,1-2H3;2H2,1H3,(H,3,4,5)/q+1;/p-1. The Kier molecular flexibility index (Phi) is 33.0. The van der Waals surface area contributed by atoms with Crippen LogP contribution in [0.5, 0.6) is 0 Å². The first-order valence-corrected chi connectivity index (χ1v) is 17.5. The number of hydrogen-bond donors (Lipinski definition) is 2. The maximum absolute atomic E-state index is 9.45. The van der Waals surface area contributed by atoms with Gasteiger partial charge in [-0.3, -0.25) is 4.18 Å². The third kappa shape index (κ3) is 32.2. The maximum atomic E-state index is 9.45. The lowest BCUT2D eigenvalue weighted by molar-refractivity contribution is -0.927. The van der Waals surface area contributed by atoms with E-state index in [1.54, 1.807) is 0 Å². The Bertz CT molecular complexity index is 580. The van der Waals surface area contributed by atoms with Crippen LogP contribution in [0.1, 0.15) is 124 Å². The Morgan fingerprint density at radius 1 is 0.575 bits per heavy atom. The van der Waals surface area contributed by atoms with Crippen LogP contribution in [0.4, 0.5) is 0 Å². The predicted molar refractivity (Wildman–Crippen MR) is 162 cm³/mol. The molecule has 0 saturated carbocycles. The van der Waals surface area contributed by atoms with Gasteiger partial charge in [0.15, 0.2) is 0 Å². The minimum absolute atomic E-state index is 0.0882. The molecule has 0 unspecified atom stereocenters. The van der Waals surface area contributed by atoms with E-state index in [4.69, 9.17) is 19.7 Å². The van der Waals surface area contributed by atoms with Crippen molar-refractivity contribution in [2.24, 2.45) is 0 Å².